The fourth-order valence-corrected chi connectivity index (χ4v) is 4.61. The fraction of sp³-hybridized carbons (Fsp3) is 0.174. The third-order valence-corrected chi connectivity index (χ3v) is 6.88. The van der Waals surface area contributed by atoms with Gasteiger partial charge in [0.05, 0.1) is 15.9 Å². The number of hydrogen-bond acceptors (Lipinski definition) is 3. The molecule has 0 atom stereocenters. The first-order valence-electron chi connectivity index (χ1n) is 9.46. The first-order valence-corrected chi connectivity index (χ1v) is 10.9. The molecule has 0 spiro atoms. The van der Waals surface area contributed by atoms with Crippen molar-refractivity contribution >= 4 is 21.1 Å². The molecule has 4 aromatic rings. The molecule has 29 heavy (non-hydrogen) atoms. The Morgan fingerprint density at radius 3 is 2.24 bits per heavy atom. The molecular weight excluding hydrogens is 382 g/mol. The zero-order chi connectivity index (χ0) is 20.4. The average Bonchev–Trinajstić information content (AvgIpc) is 3.04. The number of para-hydroxylation sites is 2. The summed E-state index contributed by atoms with van der Waals surface area (Å²) in [6.45, 7) is 2.97. The molecule has 0 N–H and O–H groups in total. The molecule has 0 aliphatic rings. The van der Waals surface area contributed by atoms with Gasteiger partial charge in [0.15, 0.2) is 0 Å². The highest BCUT2D eigenvalue weighted by Gasteiger charge is 2.20. The van der Waals surface area contributed by atoms with Crippen molar-refractivity contribution in [1.29, 1.82) is 0 Å². The van der Waals surface area contributed by atoms with E-state index in [1.165, 1.54) is 4.31 Å². The summed E-state index contributed by atoms with van der Waals surface area (Å²) in [4.78, 5) is 4.89. The second-order valence-corrected chi connectivity index (χ2v) is 9.17. The number of nitrogens with zero attached hydrogens (tertiary/aromatic N) is 3. The topological polar surface area (TPSA) is 55.2 Å². The van der Waals surface area contributed by atoms with E-state index in [9.17, 15) is 8.42 Å². The van der Waals surface area contributed by atoms with Crippen LogP contribution in [0.15, 0.2) is 83.8 Å². The normalized spacial score (nSPS) is 12.0. The minimum absolute atomic E-state index is 0.298. The van der Waals surface area contributed by atoms with Crippen molar-refractivity contribution in [2.24, 2.45) is 0 Å². The predicted molar refractivity (Wildman–Crippen MR) is 115 cm³/mol. The average molecular weight is 406 g/mol. The third-order valence-electron chi connectivity index (χ3n) is 5.07. The van der Waals surface area contributed by atoms with Crippen LogP contribution >= 0.6 is 0 Å². The van der Waals surface area contributed by atoms with Gasteiger partial charge in [-0.05, 0) is 42.3 Å². The highest BCUT2D eigenvalue weighted by molar-refractivity contribution is 7.89. The van der Waals surface area contributed by atoms with Crippen molar-refractivity contribution in [3.8, 4) is 0 Å². The lowest BCUT2D eigenvalue weighted by Gasteiger charge is -2.17. The Hall–Kier alpha value is -2.96. The van der Waals surface area contributed by atoms with Crippen molar-refractivity contribution < 1.29 is 8.42 Å². The summed E-state index contributed by atoms with van der Waals surface area (Å²) in [6.07, 6.45) is 0. The van der Waals surface area contributed by atoms with Gasteiger partial charge in [0.2, 0.25) is 10.0 Å². The van der Waals surface area contributed by atoms with E-state index >= 15 is 0 Å². The summed E-state index contributed by atoms with van der Waals surface area (Å²) in [6, 6.07) is 24.7. The van der Waals surface area contributed by atoms with Gasteiger partial charge < -0.3 is 4.57 Å². The van der Waals surface area contributed by atoms with E-state index in [1.54, 1.807) is 19.2 Å². The number of aryl methyl sites for hydroxylation is 1. The minimum atomic E-state index is -3.54. The van der Waals surface area contributed by atoms with Gasteiger partial charge in [0.25, 0.3) is 0 Å². The van der Waals surface area contributed by atoms with Crippen molar-refractivity contribution in [2.75, 3.05) is 7.05 Å². The van der Waals surface area contributed by atoms with Crippen molar-refractivity contribution in [2.45, 2.75) is 24.9 Å². The van der Waals surface area contributed by atoms with E-state index < -0.39 is 10.0 Å². The first-order chi connectivity index (χ1) is 13.9. The predicted octanol–water partition coefficient (Wildman–Crippen LogP) is 4.21. The molecular formula is C23H23N3O2S. The van der Waals surface area contributed by atoms with Gasteiger partial charge in [-0.15, -0.1) is 0 Å². The van der Waals surface area contributed by atoms with Crippen LogP contribution in [0.1, 0.15) is 17.0 Å². The second kappa shape index (κ2) is 7.81. The standard InChI is InChI=1S/C23H23N3O2S/c1-18-24-22-10-6-7-11-23(22)26(18)17-20-12-14-21(15-13-20)29(27,28)25(2)16-19-8-4-3-5-9-19/h3-15H,16-17H2,1-2H3. The molecule has 0 saturated carbocycles. The van der Waals surface area contributed by atoms with Gasteiger partial charge in [0.1, 0.15) is 5.82 Å². The van der Waals surface area contributed by atoms with E-state index in [0.717, 1.165) is 28.0 Å². The zero-order valence-electron chi connectivity index (χ0n) is 16.5. The Bertz CT molecular complexity index is 1230. The molecule has 0 radical (unpaired) electrons. The maximum atomic E-state index is 12.9. The number of imidazole rings is 1. The molecule has 5 nitrogen and oxygen atoms in total. The number of aromatic nitrogens is 2. The number of benzene rings is 3. The van der Waals surface area contributed by atoms with E-state index in [4.69, 9.17) is 0 Å². The van der Waals surface area contributed by atoms with E-state index in [1.807, 2.05) is 73.7 Å². The van der Waals surface area contributed by atoms with Crippen LogP contribution in [-0.4, -0.2) is 29.3 Å². The summed E-state index contributed by atoms with van der Waals surface area (Å²) in [5, 5.41) is 0. The van der Waals surface area contributed by atoms with Crippen LogP contribution < -0.4 is 0 Å². The monoisotopic (exact) mass is 405 g/mol. The molecule has 0 saturated heterocycles. The Morgan fingerprint density at radius 2 is 1.52 bits per heavy atom. The Balaban J connectivity index is 1.54. The van der Waals surface area contributed by atoms with Crippen LogP contribution in [-0.2, 0) is 23.1 Å². The molecule has 0 aliphatic heterocycles. The third kappa shape index (κ3) is 3.95. The molecule has 4 rings (SSSR count). The lowest BCUT2D eigenvalue weighted by atomic mass is 10.2. The quantitative estimate of drug-likeness (QED) is 0.483. The minimum Gasteiger partial charge on any atom is -0.324 e. The van der Waals surface area contributed by atoms with Crippen molar-refractivity contribution in [3.63, 3.8) is 0 Å². The largest absolute Gasteiger partial charge is 0.324 e. The van der Waals surface area contributed by atoms with Crippen LogP contribution in [0.3, 0.4) is 0 Å². The zero-order valence-corrected chi connectivity index (χ0v) is 17.3. The Labute approximate surface area is 171 Å². The van der Waals surface area contributed by atoms with Gasteiger partial charge in [-0.25, -0.2) is 13.4 Å². The highest BCUT2D eigenvalue weighted by Crippen LogP contribution is 2.20. The van der Waals surface area contributed by atoms with Gasteiger partial charge in [0, 0.05) is 20.1 Å². The highest BCUT2D eigenvalue weighted by atomic mass is 32.2. The first kappa shape index (κ1) is 19.4. The summed E-state index contributed by atoms with van der Waals surface area (Å²) in [5.41, 5.74) is 4.02. The second-order valence-electron chi connectivity index (χ2n) is 7.12. The molecule has 3 aromatic carbocycles. The van der Waals surface area contributed by atoms with Crippen LogP contribution in [0, 0.1) is 6.92 Å². The summed E-state index contributed by atoms with van der Waals surface area (Å²) in [5.74, 6) is 0.936. The van der Waals surface area contributed by atoms with E-state index in [2.05, 4.69) is 9.55 Å². The van der Waals surface area contributed by atoms with Gasteiger partial charge >= 0.3 is 0 Å². The molecule has 0 unspecified atom stereocenters. The van der Waals surface area contributed by atoms with Crippen molar-refractivity contribution in [1.82, 2.24) is 13.9 Å². The molecule has 6 heteroatoms. The molecule has 0 amide bonds. The van der Waals surface area contributed by atoms with Crippen LogP contribution in [0.25, 0.3) is 11.0 Å². The summed E-state index contributed by atoms with van der Waals surface area (Å²) < 4.78 is 29.3. The lowest BCUT2D eigenvalue weighted by Crippen LogP contribution is -2.26. The maximum absolute atomic E-state index is 12.9. The maximum Gasteiger partial charge on any atom is 0.243 e. The lowest BCUT2D eigenvalue weighted by molar-refractivity contribution is 0.466. The fourth-order valence-electron chi connectivity index (χ4n) is 3.45. The van der Waals surface area contributed by atoms with Gasteiger partial charge in [-0.1, -0.05) is 54.6 Å². The smallest absolute Gasteiger partial charge is 0.243 e. The molecule has 1 heterocycles. The van der Waals surface area contributed by atoms with Crippen LogP contribution in [0.4, 0.5) is 0 Å². The SMILES string of the molecule is Cc1nc2ccccc2n1Cc1ccc(S(=O)(=O)N(C)Cc2ccccc2)cc1. The molecule has 0 fully saturated rings. The summed E-state index contributed by atoms with van der Waals surface area (Å²) in [7, 11) is -1.94. The van der Waals surface area contributed by atoms with Gasteiger partial charge in [-0.3, -0.25) is 0 Å². The van der Waals surface area contributed by atoms with E-state index in [0.29, 0.717) is 18.0 Å². The van der Waals surface area contributed by atoms with Crippen molar-refractivity contribution in [3.05, 3.63) is 95.8 Å². The molecule has 148 valence electrons. The van der Waals surface area contributed by atoms with Gasteiger partial charge in [-0.2, -0.15) is 4.31 Å². The molecule has 0 bridgehead atoms. The van der Waals surface area contributed by atoms with E-state index in [-0.39, 0.29) is 0 Å². The summed E-state index contributed by atoms with van der Waals surface area (Å²) >= 11 is 0. The number of hydrogen-bond donors (Lipinski definition) is 0. The van der Waals surface area contributed by atoms with Crippen LogP contribution in [0.2, 0.25) is 0 Å². The number of rotatable bonds is 6. The molecule has 1 aromatic heterocycles. The number of sulfonamides is 1. The Kier molecular flexibility index (Phi) is 5.22. The number of fused-ring (bicyclic) bond motifs is 1. The van der Waals surface area contributed by atoms with Crippen LogP contribution in [0.5, 0.6) is 0 Å². The Morgan fingerprint density at radius 1 is 0.862 bits per heavy atom. The molecule has 0 aliphatic carbocycles.